The molecule has 1 rings (SSSR count). The topological polar surface area (TPSA) is 66.0 Å². The number of nitrogens with one attached hydrogen (secondary N) is 1. The molecule has 0 heterocycles. The SMILES string of the molecule is COCCONC(=O)Cc1ccc(OC)c(OC)c1. The summed E-state index contributed by atoms with van der Waals surface area (Å²) in [5.74, 6) is 0.986. The van der Waals surface area contributed by atoms with E-state index in [1.54, 1.807) is 39.5 Å². The average Bonchev–Trinajstić information content (AvgIpc) is 2.43. The Morgan fingerprint density at radius 1 is 1.11 bits per heavy atom. The second kappa shape index (κ2) is 8.34. The quantitative estimate of drug-likeness (QED) is 0.562. The Morgan fingerprint density at radius 2 is 1.84 bits per heavy atom. The van der Waals surface area contributed by atoms with E-state index in [9.17, 15) is 4.79 Å². The van der Waals surface area contributed by atoms with Crippen molar-refractivity contribution in [1.29, 1.82) is 0 Å². The first-order valence-electron chi connectivity index (χ1n) is 5.81. The van der Waals surface area contributed by atoms with Gasteiger partial charge in [0.1, 0.15) is 0 Å². The Hall–Kier alpha value is -1.79. The van der Waals surface area contributed by atoms with Crippen LogP contribution >= 0.6 is 0 Å². The van der Waals surface area contributed by atoms with Crippen LogP contribution in [0, 0.1) is 0 Å². The molecular weight excluding hydrogens is 250 g/mol. The third-order valence-corrected chi connectivity index (χ3v) is 2.39. The highest BCUT2D eigenvalue weighted by Gasteiger charge is 2.08. The molecule has 1 aromatic rings. The molecular formula is C13H19NO5. The number of amides is 1. The van der Waals surface area contributed by atoms with Crippen molar-refractivity contribution < 1.29 is 23.8 Å². The van der Waals surface area contributed by atoms with Crippen molar-refractivity contribution in [2.24, 2.45) is 0 Å². The van der Waals surface area contributed by atoms with E-state index in [1.807, 2.05) is 0 Å². The summed E-state index contributed by atoms with van der Waals surface area (Å²) in [6.07, 6.45) is 0.202. The van der Waals surface area contributed by atoms with Crippen molar-refractivity contribution >= 4 is 5.91 Å². The number of carbonyl (C=O) groups is 1. The van der Waals surface area contributed by atoms with Crippen LogP contribution in [0.25, 0.3) is 0 Å². The Balaban J connectivity index is 2.50. The van der Waals surface area contributed by atoms with Crippen molar-refractivity contribution in [1.82, 2.24) is 5.48 Å². The van der Waals surface area contributed by atoms with E-state index in [2.05, 4.69) is 5.48 Å². The lowest BCUT2D eigenvalue weighted by molar-refractivity contribution is -0.133. The normalized spacial score (nSPS) is 10.1. The van der Waals surface area contributed by atoms with Crippen molar-refractivity contribution in [3.05, 3.63) is 23.8 Å². The van der Waals surface area contributed by atoms with Gasteiger partial charge in [-0.25, -0.2) is 5.48 Å². The van der Waals surface area contributed by atoms with Gasteiger partial charge in [0.2, 0.25) is 5.91 Å². The van der Waals surface area contributed by atoms with E-state index >= 15 is 0 Å². The molecule has 0 aliphatic rings. The standard InChI is InChI=1S/C13H19NO5/c1-16-6-7-19-14-13(15)9-10-4-5-11(17-2)12(8-10)18-3/h4-5,8H,6-7,9H2,1-3H3,(H,14,15). The number of hydroxylamine groups is 1. The van der Waals surface area contributed by atoms with Crippen LogP contribution < -0.4 is 15.0 Å². The zero-order valence-electron chi connectivity index (χ0n) is 11.4. The van der Waals surface area contributed by atoms with Crippen molar-refractivity contribution in [2.75, 3.05) is 34.5 Å². The van der Waals surface area contributed by atoms with Gasteiger partial charge in [-0.2, -0.15) is 0 Å². The van der Waals surface area contributed by atoms with E-state index in [-0.39, 0.29) is 12.3 Å². The molecule has 0 saturated carbocycles. The summed E-state index contributed by atoms with van der Waals surface area (Å²) < 4.78 is 15.1. The smallest absolute Gasteiger partial charge is 0.247 e. The Morgan fingerprint density at radius 3 is 2.47 bits per heavy atom. The molecule has 0 saturated heterocycles. The van der Waals surface area contributed by atoms with Gasteiger partial charge in [0.05, 0.1) is 33.9 Å². The number of ether oxygens (including phenoxy) is 3. The van der Waals surface area contributed by atoms with Crippen LogP contribution in [0.15, 0.2) is 18.2 Å². The summed E-state index contributed by atoms with van der Waals surface area (Å²) in [6.45, 7) is 0.741. The van der Waals surface area contributed by atoms with E-state index in [1.165, 1.54) is 0 Å². The molecule has 1 N–H and O–H groups in total. The highest BCUT2D eigenvalue weighted by Crippen LogP contribution is 2.27. The molecule has 0 fully saturated rings. The first kappa shape index (κ1) is 15.3. The zero-order valence-corrected chi connectivity index (χ0v) is 11.4. The van der Waals surface area contributed by atoms with Gasteiger partial charge in [0.15, 0.2) is 11.5 Å². The van der Waals surface area contributed by atoms with E-state index < -0.39 is 0 Å². The number of rotatable bonds is 8. The highest BCUT2D eigenvalue weighted by atomic mass is 16.7. The maximum atomic E-state index is 11.6. The maximum absolute atomic E-state index is 11.6. The summed E-state index contributed by atoms with van der Waals surface area (Å²) in [7, 11) is 4.68. The molecule has 0 bridgehead atoms. The van der Waals surface area contributed by atoms with Gasteiger partial charge < -0.3 is 14.2 Å². The summed E-state index contributed by atoms with van der Waals surface area (Å²) in [5.41, 5.74) is 3.15. The molecule has 0 aliphatic carbocycles. The van der Waals surface area contributed by atoms with Crippen molar-refractivity contribution in [3.63, 3.8) is 0 Å². The van der Waals surface area contributed by atoms with Crippen LogP contribution in [0.3, 0.4) is 0 Å². The zero-order chi connectivity index (χ0) is 14.1. The molecule has 6 nitrogen and oxygen atoms in total. The molecule has 1 aromatic carbocycles. The predicted octanol–water partition coefficient (Wildman–Crippen LogP) is 0.940. The summed E-state index contributed by atoms with van der Waals surface area (Å²) in [6, 6.07) is 5.32. The van der Waals surface area contributed by atoms with Gasteiger partial charge >= 0.3 is 0 Å². The molecule has 1 amide bonds. The first-order chi connectivity index (χ1) is 9.21. The Labute approximate surface area is 112 Å². The minimum absolute atomic E-state index is 0.202. The molecule has 106 valence electrons. The van der Waals surface area contributed by atoms with Crippen LogP contribution in [-0.2, 0) is 20.8 Å². The number of benzene rings is 1. The Kier molecular flexibility index (Phi) is 6.70. The Bertz CT molecular complexity index is 408. The van der Waals surface area contributed by atoms with Crippen LogP contribution in [0.1, 0.15) is 5.56 Å². The number of hydrogen-bond acceptors (Lipinski definition) is 5. The van der Waals surface area contributed by atoms with Crippen LogP contribution in [-0.4, -0.2) is 40.5 Å². The summed E-state index contributed by atoms with van der Waals surface area (Å²) in [4.78, 5) is 16.5. The predicted molar refractivity (Wildman–Crippen MR) is 69.2 cm³/mol. The number of hydrogen-bond donors (Lipinski definition) is 1. The summed E-state index contributed by atoms with van der Waals surface area (Å²) >= 11 is 0. The fourth-order valence-corrected chi connectivity index (χ4v) is 1.47. The second-order valence-corrected chi connectivity index (χ2v) is 3.73. The molecule has 0 unspecified atom stereocenters. The molecule has 0 aliphatic heterocycles. The van der Waals surface area contributed by atoms with Crippen molar-refractivity contribution in [2.45, 2.75) is 6.42 Å². The van der Waals surface area contributed by atoms with Crippen LogP contribution in [0.4, 0.5) is 0 Å². The fourth-order valence-electron chi connectivity index (χ4n) is 1.47. The molecule has 0 atom stereocenters. The van der Waals surface area contributed by atoms with Gasteiger partial charge in [0.25, 0.3) is 0 Å². The monoisotopic (exact) mass is 269 g/mol. The van der Waals surface area contributed by atoms with Gasteiger partial charge in [-0.3, -0.25) is 9.63 Å². The maximum Gasteiger partial charge on any atom is 0.247 e. The van der Waals surface area contributed by atoms with Crippen molar-refractivity contribution in [3.8, 4) is 11.5 Å². The minimum Gasteiger partial charge on any atom is -0.493 e. The first-order valence-corrected chi connectivity index (χ1v) is 5.81. The van der Waals surface area contributed by atoms with E-state index in [0.29, 0.717) is 24.7 Å². The lowest BCUT2D eigenvalue weighted by Crippen LogP contribution is -2.26. The minimum atomic E-state index is -0.233. The van der Waals surface area contributed by atoms with Gasteiger partial charge in [-0.05, 0) is 17.7 Å². The lowest BCUT2D eigenvalue weighted by Gasteiger charge is -2.09. The lowest BCUT2D eigenvalue weighted by atomic mass is 10.1. The highest BCUT2D eigenvalue weighted by molar-refractivity contribution is 5.77. The molecule has 19 heavy (non-hydrogen) atoms. The largest absolute Gasteiger partial charge is 0.493 e. The van der Waals surface area contributed by atoms with Crippen LogP contribution in [0.2, 0.25) is 0 Å². The number of methoxy groups -OCH3 is 3. The molecule has 0 radical (unpaired) electrons. The number of carbonyl (C=O) groups excluding carboxylic acids is 1. The molecule has 0 spiro atoms. The van der Waals surface area contributed by atoms with Gasteiger partial charge in [0, 0.05) is 7.11 Å². The van der Waals surface area contributed by atoms with Crippen LogP contribution in [0.5, 0.6) is 11.5 Å². The van der Waals surface area contributed by atoms with E-state index in [4.69, 9.17) is 19.0 Å². The van der Waals surface area contributed by atoms with Gasteiger partial charge in [-0.1, -0.05) is 6.07 Å². The third-order valence-electron chi connectivity index (χ3n) is 2.39. The molecule has 0 aromatic heterocycles. The second-order valence-electron chi connectivity index (χ2n) is 3.73. The fraction of sp³-hybridized carbons (Fsp3) is 0.462. The van der Waals surface area contributed by atoms with E-state index in [0.717, 1.165) is 5.56 Å². The van der Waals surface area contributed by atoms with Gasteiger partial charge in [-0.15, -0.1) is 0 Å². The summed E-state index contributed by atoms with van der Waals surface area (Å²) in [5, 5.41) is 0. The average molecular weight is 269 g/mol. The third kappa shape index (κ3) is 5.15. The molecule has 6 heteroatoms.